The third-order valence-corrected chi connectivity index (χ3v) is 4.25. The Bertz CT molecular complexity index is 278. The average Bonchev–Trinajstić information content (AvgIpc) is 3.17. The lowest BCUT2D eigenvalue weighted by molar-refractivity contribution is -0.126. The minimum Gasteiger partial charge on any atom is -0.368 e. The number of nitrogens with zero attached hydrogens (tertiary/aromatic N) is 1. The molecule has 0 aromatic rings. The van der Waals surface area contributed by atoms with E-state index in [1.807, 2.05) is 0 Å². The third kappa shape index (κ3) is 3.45. The van der Waals surface area contributed by atoms with Crippen molar-refractivity contribution in [1.29, 1.82) is 0 Å². The molecule has 1 rings (SSSR count). The molecule has 0 radical (unpaired) electrons. The number of amides is 1. The van der Waals surface area contributed by atoms with E-state index in [0.717, 1.165) is 38.8 Å². The molecule has 2 unspecified atom stereocenters. The van der Waals surface area contributed by atoms with E-state index < -0.39 is 5.54 Å². The Kier molecular flexibility index (Phi) is 5.60. The van der Waals surface area contributed by atoms with Gasteiger partial charge in [0.15, 0.2) is 0 Å². The van der Waals surface area contributed by atoms with Gasteiger partial charge in [-0.2, -0.15) is 0 Å². The van der Waals surface area contributed by atoms with Gasteiger partial charge in [-0.25, -0.2) is 0 Å². The Labute approximate surface area is 111 Å². The van der Waals surface area contributed by atoms with Crippen LogP contribution in [0.5, 0.6) is 0 Å². The molecule has 0 bridgehead atoms. The molecule has 1 amide bonds. The molecule has 1 aliphatic carbocycles. The van der Waals surface area contributed by atoms with Crippen LogP contribution >= 0.6 is 0 Å². The molecule has 0 heterocycles. The number of likely N-dealkylation sites (N-methyl/N-ethyl adjacent to an activating group) is 1. The van der Waals surface area contributed by atoms with Crippen molar-refractivity contribution in [3.63, 3.8) is 0 Å². The fourth-order valence-corrected chi connectivity index (χ4v) is 2.48. The second-order valence-corrected chi connectivity index (χ2v) is 5.71. The van der Waals surface area contributed by atoms with E-state index in [1.165, 1.54) is 0 Å². The van der Waals surface area contributed by atoms with Gasteiger partial charge in [0.1, 0.15) is 5.54 Å². The quantitative estimate of drug-likeness (QED) is 0.654. The molecular formula is C14H29N3O. The van der Waals surface area contributed by atoms with Crippen molar-refractivity contribution < 1.29 is 4.79 Å². The van der Waals surface area contributed by atoms with Crippen LogP contribution in [0.1, 0.15) is 46.5 Å². The van der Waals surface area contributed by atoms with Gasteiger partial charge < -0.3 is 16.0 Å². The molecule has 1 fully saturated rings. The highest BCUT2D eigenvalue weighted by Gasteiger charge is 2.50. The summed E-state index contributed by atoms with van der Waals surface area (Å²) in [6.45, 7) is 8.06. The Morgan fingerprint density at radius 1 is 1.50 bits per heavy atom. The number of nitrogens with two attached hydrogens (primary N) is 1. The molecule has 0 aromatic carbocycles. The maximum absolute atomic E-state index is 12.0. The zero-order valence-electron chi connectivity index (χ0n) is 12.3. The molecule has 0 aliphatic heterocycles. The maximum Gasteiger partial charge on any atom is 0.239 e. The summed E-state index contributed by atoms with van der Waals surface area (Å²) in [5.74, 6) is 0.238. The summed E-state index contributed by atoms with van der Waals surface area (Å²) >= 11 is 0. The van der Waals surface area contributed by atoms with Gasteiger partial charge in [0.25, 0.3) is 0 Å². The summed E-state index contributed by atoms with van der Waals surface area (Å²) in [6, 6.07) is 0.478. The summed E-state index contributed by atoms with van der Waals surface area (Å²) in [6.07, 6.45) is 4.35. The molecule has 1 saturated carbocycles. The van der Waals surface area contributed by atoms with Crippen LogP contribution in [0.25, 0.3) is 0 Å². The monoisotopic (exact) mass is 255 g/mol. The Morgan fingerprint density at radius 2 is 2.11 bits per heavy atom. The standard InChI is InChI=1S/C14H29N3O/c1-5-9-16-14(13(15)18,12-7-8-12)10-17(4)11(3)6-2/h11-12,16H,5-10H2,1-4H3,(H2,15,18). The summed E-state index contributed by atoms with van der Waals surface area (Å²) in [5, 5.41) is 3.44. The van der Waals surface area contributed by atoms with Crippen LogP contribution in [0.15, 0.2) is 0 Å². The van der Waals surface area contributed by atoms with Crippen LogP contribution in [0.3, 0.4) is 0 Å². The first-order valence-electron chi connectivity index (χ1n) is 7.23. The highest BCUT2D eigenvalue weighted by atomic mass is 16.1. The molecule has 1 aliphatic rings. The van der Waals surface area contributed by atoms with Crippen LogP contribution in [0, 0.1) is 5.92 Å². The summed E-state index contributed by atoms with van der Waals surface area (Å²) < 4.78 is 0. The number of primary amides is 1. The molecular weight excluding hydrogens is 226 g/mol. The van der Waals surface area contributed by atoms with E-state index >= 15 is 0 Å². The maximum atomic E-state index is 12.0. The van der Waals surface area contributed by atoms with E-state index in [-0.39, 0.29) is 5.91 Å². The van der Waals surface area contributed by atoms with E-state index in [4.69, 9.17) is 5.73 Å². The first-order valence-corrected chi connectivity index (χ1v) is 7.23. The fourth-order valence-electron chi connectivity index (χ4n) is 2.48. The van der Waals surface area contributed by atoms with Crippen molar-refractivity contribution in [2.45, 2.75) is 58.0 Å². The normalized spacial score (nSPS) is 20.7. The lowest BCUT2D eigenvalue weighted by Gasteiger charge is -2.38. The van der Waals surface area contributed by atoms with Crippen LogP contribution in [-0.4, -0.2) is 42.5 Å². The van der Waals surface area contributed by atoms with Gasteiger partial charge in [0, 0.05) is 12.6 Å². The van der Waals surface area contributed by atoms with Crippen molar-refractivity contribution in [3.05, 3.63) is 0 Å². The summed E-state index contributed by atoms with van der Waals surface area (Å²) in [4.78, 5) is 14.2. The predicted molar refractivity (Wildman–Crippen MR) is 75.3 cm³/mol. The Balaban J connectivity index is 2.78. The SMILES string of the molecule is CCCNC(CN(C)C(C)CC)(C(N)=O)C1CC1. The molecule has 3 N–H and O–H groups in total. The number of carbonyl (C=O) groups is 1. The molecule has 18 heavy (non-hydrogen) atoms. The molecule has 2 atom stereocenters. The molecule has 4 nitrogen and oxygen atoms in total. The van der Waals surface area contributed by atoms with E-state index in [9.17, 15) is 4.79 Å². The van der Waals surface area contributed by atoms with Gasteiger partial charge in [0.05, 0.1) is 0 Å². The number of hydrogen-bond acceptors (Lipinski definition) is 3. The van der Waals surface area contributed by atoms with E-state index in [2.05, 4.69) is 38.0 Å². The zero-order valence-corrected chi connectivity index (χ0v) is 12.3. The number of nitrogens with one attached hydrogen (secondary N) is 1. The molecule has 4 heteroatoms. The first kappa shape index (κ1) is 15.4. The molecule has 106 valence electrons. The lowest BCUT2D eigenvalue weighted by Crippen LogP contribution is -2.63. The lowest BCUT2D eigenvalue weighted by atomic mass is 9.90. The highest BCUT2D eigenvalue weighted by molar-refractivity contribution is 5.86. The Morgan fingerprint density at radius 3 is 2.50 bits per heavy atom. The molecule has 0 spiro atoms. The van der Waals surface area contributed by atoms with Crippen molar-refractivity contribution in [2.75, 3.05) is 20.1 Å². The summed E-state index contributed by atoms with van der Waals surface area (Å²) in [7, 11) is 2.09. The highest BCUT2D eigenvalue weighted by Crippen LogP contribution is 2.40. The molecule has 0 saturated heterocycles. The zero-order chi connectivity index (χ0) is 13.8. The van der Waals surface area contributed by atoms with Gasteiger partial charge in [0.2, 0.25) is 5.91 Å². The largest absolute Gasteiger partial charge is 0.368 e. The second-order valence-electron chi connectivity index (χ2n) is 5.71. The van der Waals surface area contributed by atoms with Crippen molar-refractivity contribution in [3.8, 4) is 0 Å². The topological polar surface area (TPSA) is 58.4 Å². The number of rotatable bonds is 9. The van der Waals surface area contributed by atoms with Gasteiger partial charge in [-0.3, -0.25) is 4.79 Å². The van der Waals surface area contributed by atoms with Crippen LogP contribution in [0.4, 0.5) is 0 Å². The van der Waals surface area contributed by atoms with E-state index in [0.29, 0.717) is 12.0 Å². The van der Waals surface area contributed by atoms with Crippen LogP contribution in [0.2, 0.25) is 0 Å². The smallest absolute Gasteiger partial charge is 0.239 e. The minimum absolute atomic E-state index is 0.186. The van der Waals surface area contributed by atoms with Gasteiger partial charge in [-0.05, 0) is 52.1 Å². The van der Waals surface area contributed by atoms with E-state index in [1.54, 1.807) is 0 Å². The van der Waals surface area contributed by atoms with Gasteiger partial charge in [-0.1, -0.05) is 13.8 Å². The number of carbonyl (C=O) groups excluding carboxylic acids is 1. The minimum atomic E-state index is -0.520. The number of hydrogen-bond donors (Lipinski definition) is 2. The average molecular weight is 255 g/mol. The first-order chi connectivity index (χ1) is 8.47. The third-order valence-electron chi connectivity index (χ3n) is 4.25. The van der Waals surface area contributed by atoms with Crippen molar-refractivity contribution in [2.24, 2.45) is 11.7 Å². The van der Waals surface area contributed by atoms with Gasteiger partial charge >= 0.3 is 0 Å². The second kappa shape index (κ2) is 6.53. The van der Waals surface area contributed by atoms with Gasteiger partial charge in [-0.15, -0.1) is 0 Å². The predicted octanol–water partition coefficient (Wildman–Crippen LogP) is 1.35. The van der Waals surface area contributed by atoms with Crippen molar-refractivity contribution >= 4 is 5.91 Å². The Hall–Kier alpha value is -0.610. The fraction of sp³-hybridized carbons (Fsp3) is 0.929. The van der Waals surface area contributed by atoms with Crippen LogP contribution < -0.4 is 11.1 Å². The van der Waals surface area contributed by atoms with Crippen LogP contribution in [-0.2, 0) is 4.79 Å². The summed E-state index contributed by atoms with van der Waals surface area (Å²) in [5.41, 5.74) is 5.20. The molecule has 0 aromatic heterocycles. The van der Waals surface area contributed by atoms with Crippen molar-refractivity contribution in [1.82, 2.24) is 10.2 Å².